The third kappa shape index (κ3) is 5.15. The number of phenols is 1. The van der Waals surface area contributed by atoms with Crippen LogP contribution in [0.4, 0.5) is 10.1 Å². The van der Waals surface area contributed by atoms with E-state index in [1.807, 2.05) is 0 Å². The summed E-state index contributed by atoms with van der Waals surface area (Å²) in [5.74, 6) is -1.40. The normalized spacial score (nSPS) is 10.6. The van der Waals surface area contributed by atoms with Gasteiger partial charge in [0.2, 0.25) is 5.75 Å². The summed E-state index contributed by atoms with van der Waals surface area (Å²) in [6, 6.07) is 7.31. The summed E-state index contributed by atoms with van der Waals surface area (Å²) in [5, 5.41) is 24.1. The number of nitro groups is 1. The third-order valence-electron chi connectivity index (χ3n) is 2.86. The van der Waals surface area contributed by atoms with Crippen molar-refractivity contribution in [2.24, 2.45) is 5.10 Å². The number of benzene rings is 2. The molecule has 0 bridgehead atoms. The number of ether oxygens (including phenoxy) is 1. The van der Waals surface area contributed by atoms with Crippen LogP contribution in [-0.4, -0.2) is 28.8 Å². The topological polar surface area (TPSA) is 114 Å². The first-order valence-electron chi connectivity index (χ1n) is 6.74. The van der Waals surface area contributed by atoms with Gasteiger partial charge in [0.05, 0.1) is 11.1 Å². The van der Waals surface area contributed by atoms with E-state index in [1.165, 1.54) is 30.3 Å². The molecular weight excluding hydrogens is 357 g/mol. The lowest BCUT2D eigenvalue weighted by molar-refractivity contribution is -0.385. The molecule has 0 spiro atoms. The van der Waals surface area contributed by atoms with Crippen LogP contribution in [0.1, 0.15) is 5.56 Å². The number of carbonyl (C=O) groups excluding carboxylic acids is 1. The second kappa shape index (κ2) is 8.06. The van der Waals surface area contributed by atoms with Gasteiger partial charge >= 0.3 is 5.69 Å². The number of hydrogen-bond acceptors (Lipinski definition) is 6. The summed E-state index contributed by atoms with van der Waals surface area (Å²) in [6.07, 6.45) is 1.00. The Morgan fingerprint density at radius 2 is 2.08 bits per heavy atom. The van der Waals surface area contributed by atoms with E-state index in [4.69, 9.17) is 16.3 Å². The van der Waals surface area contributed by atoms with Crippen molar-refractivity contribution in [2.75, 3.05) is 6.61 Å². The predicted molar refractivity (Wildman–Crippen MR) is 87.4 cm³/mol. The van der Waals surface area contributed by atoms with Crippen LogP contribution in [0, 0.1) is 15.9 Å². The fraction of sp³-hybridized carbons (Fsp3) is 0.0667. The maximum absolute atomic E-state index is 12.7. The van der Waals surface area contributed by atoms with Gasteiger partial charge in [-0.05, 0) is 30.3 Å². The molecular formula is C15H11ClFN3O5. The van der Waals surface area contributed by atoms with E-state index in [0.29, 0.717) is 5.75 Å². The van der Waals surface area contributed by atoms with Crippen LogP contribution < -0.4 is 10.2 Å². The van der Waals surface area contributed by atoms with Crippen molar-refractivity contribution in [1.82, 2.24) is 5.43 Å². The van der Waals surface area contributed by atoms with E-state index >= 15 is 0 Å². The molecule has 10 heteroatoms. The monoisotopic (exact) mass is 367 g/mol. The van der Waals surface area contributed by atoms with Gasteiger partial charge in [0.25, 0.3) is 5.91 Å². The molecule has 0 aliphatic heterocycles. The van der Waals surface area contributed by atoms with Crippen molar-refractivity contribution in [3.8, 4) is 11.5 Å². The fourth-order valence-electron chi connectivity index (χ4n) is 1.73. The Balaban J connectivity index is 1.95. The first kappa shape index (κ1) is 18.1. The standard InChI is InChI=1S/C15H11ClFN3O5/c16-10-5-9(15(22)13(6-10)20(23)24)7-18-19-14(21)8-25-12-3-1-11(17)2-4-12/h1-7,22H,8H2,(H,19,21)/b18-7-. The molecule has 0 aliphatic carbocycles. The molecule has 1 amide bonds. The zero-order valence-corrected chi connectivity index (χ0v) is 13.2. The molecule has 0 aromatic heterocycles. The lowest BCUT2D eigenvalue weighted by Gasteiger charge is -2.05. The molecule has 0 fully saturated rings. The molecule has 0 radical (unpaired) electrons. The minimum absolute atomic E-state index is 0.0249. The number of nitrogens with zero attached hydrogens (tertiary/aromatic N) is 2. The van der Waals surface area contributed by atoms with Gasteiger partial charge in [-0.3, -0.25) is 14.9 Å². The summed E-state index contributed by atoms with van der Waals surface area (Å²) < 4.78 is 17.8. The van der Waals surface area contributed by atoms with E-state index in [2.05, 4.69) is 10.5 Å². The van der Waals surface area contributed by atoms with Crippen molar-refractivity contribution >= 4 is 29.4 Å². The van der Waals surface area contributed by atoms with Crippen LogP contribution in [0.3, 0.4) is 0 Å². The van der Waals surface area contributed by atoms with Gasteiger partial charge in [0.1, 0.15) is 11.6 Å². The molecule has 0 aliphatic rings. The highest BCUT2D eigenvalue weighted by Crippen LogP contribution is 2.32. The van der Waals surface area contributed by atoms with Crippen molar-refractivity contribution in [2.45, 2.75) is 0 Å². The number of phenolic OH excluding ortho intramolecular Hbond substituents is 1. The average Bonchev–Trinajstić information content (AvgIpc) is 2.57. The van der Waals surface area contributed by atoms with Gasteiger partial charge in [-0.15, -0.1) is 0 Å². The van der Waals surface area contributed by atoms with Crippen LogP contribution in [-0.2, 0) is 4.79 Å². The molecule has 8 nitrogen and oxygen atoms in total. The van der Waals surface area contributed by atoms with E-state index in [9.17, 15) is 24.4 Å². The molecule has 130 valence electrons. The highest BCUT2D eigenvalue weighted by atomic mass is 35.5. The number of hydrogen-bond donors (Lipinski definition) is 2. The Bertz CT molecular complexity index is 827. The van der Waals surface area contributed by atoms with Gasteiger partial charge in [-0.25, -0.2) is 9.82 Å². The summed E-state index contributed by atoms with van der Waals surface area (Å²) in [6.45, 7) is -0.384. The summed E-state index contributed by atoms with van der Waals surface area (Å²) in [5.41, 5.74) is 1.49. The van der Waals surface area contributed by atoms with Crippen LogP contribution in [0.25, 0.3) is 0 Å². The lowest BCUT2D eigenvalue weighted by atomic mass is 10.2. The van der Waals surface area contributed by atoms with Gasteiger partial charge < -0.3 is 9.84 Å². The van der Waals surface area contributed by atoms with Crippen molar-refractivity contribution in [1.29, 1.82) is 0 Å². The van der Waals surface area contributed by atoms with E-state index in [-0.39, 0.29) is 17.2 Å². The first-order chi connectivity index (χ1) is 11.9. The van der Waals surface area contributed by atoms with Crippen molar-refractivity contribution < 1.29 is 24.0 Å². The Hall–Kier alpha value is -3.20. The number of halogens is 2. The molecule has 25 heavy (non-hydrogen) atoms. The number of rotatable bonds is 6. The summed E-state index contributed by atoms with van der Waals surface area (Å²) in [4.78, 5) is 21.6. The molecule has 0 saturated carbocycles. The van der Waals surface area contributed by atoms with E-state index < -0.39 is 28.1 Å². The van der Waals surface area contributed by atoms with Gasteiger partial charge in [-0.1, -0.05) is 11.6 Å². The van der Waals surface area contributed by atoms with Crippen LogP contribution >= 0.6 is 11.6 Å². The molecule has 0 unspecified atom stereocenters. The Morgan fingerprint density at radius 3 is 2.72 bits per heavy atom. The number of carbonyl (C=O) groups is 1. The smallest absolute Gasteiger partial charge is 0.312 e. The first-order valence-corrected chi connectivity index (χ1v) is 7.12. The largest absolute Gasteiger partial charge is 0.502 e. The Morgan fingerprint density at radius 1 is 1.40 bits per heavy atom. The number of amides is 1. The van der Waals surface area contributed by atoms with Gasteiger partial charge in [0.15, 0.2) is 6.61 Å². The molecule has 0 saturated heterocycles. The van der Waals surface area contributed by atoms with Gasteiger partial charge in [0, 0.05) is 16.7 Å². The van der Waals surface area contributed by atoms with Crippen LogP contribution in [0.2, 0.25) is 5.02 Å². The van der Waals surface area contributed by atoms with Crippen LogP contribution in [0.15, 0.2) is 41.5 Å². The third-order valence-corrected chi connectivity index (χ3v) is 3.08. The maximum atomic E-state index is 12.7. The maximum Gasteiger partial charge on any atom is 0.312 e. The number of hydrazone groups is 1. The quantitative estimate of drug-likeness (QED) is 0.462. The number of nitrogens with one attached hydrogen (secondary N) is 1. The van der Waals surface area contributed by atoms with E-state index in [0.717, 1.165) is 12.3 Å². The van der Waals surface area contributed by atoms with Crippen molar-refractivity contribution in [3.05, 3.63) is 62.9 Å². The number of nitro benzene ring substituents is 1. The lowest BCUT2D eigenvalue weighted by Crippen LogP contribution is -2.24. The highest BCUT2D eigenvalue weighted by molar-refractivity contribution is 6.31. The Labute approximate surface area is 145 Å². The van der Waals surface area contributed by atoms with Crippen molar-refractivity contribution in [3.63, 3.8) is 0 Å². The zero-order valence-electron chi connectivity index (χ0n) is 12.5. The second-order valence-corrected chi connectivity index (χ2v) is 5.09. The SMILES string of the molecule is O=C(COc1ccc(F)cc1)N/N=C\c1cc(Cl)cc([N+](=O)[O-])c1O. The summed E-state index contributed by atoms with van der Waals surface area (Å²) in [7, 11) is 0. The average molecular weight is 368 g/mol. The van der Waals surface area contributed by atoms with Gasteiger partial charge in [-0.2, -0.15) is 5.10 Å². The second-order valence-electron chi connectivity index (χ2n) is 4.66. The minimum atomic E-state index is -0.798. The Kier molecular flexibility index (Phi) is 5.85. The molecule has 0 heterocycles. The molecule has 2 aromatic rings. The molecule has 2 aromatic carbocycles. The summed E-state index contributed by atoms with van der Waals surface area (Å²) >= 11 is 5.72. The minimum Gasteiger partial charge on any atom is -0.502 e. The van der Waals surface area contributed by atoms with Crippen LogP contribution in [0.5, 0.6) is 11.5 Å². The fourth-order valence-corrected chi connectivity index (χ4v) is 1.95. The van der Waals surface area contributed by atoms with E-state index in [1.54, 1.807) is 0 Å². The molecule has 2 rings (SSSR count). The molecule has 2 N–H and O–H groups in total. The number of aromatic hydroxyl groups is 1. The molecule has 0 atom stereocenters. The predicted octanol–water partition coefficient (Wildman–Crippen LogP) is 2.62. The zero-order chi connectivity index (χ0) is 18.4. The highest BCUT2D eigenvalue weighted by Gasteiger charge is 2.17.